The fourth-order valence-corrected chi connectivity index (χ4v) is 6.41. The van der Waals surface area contributed by atoms with E-state index >= 15 is 0 Å². The lowest BCUT2D eigenvalue weighted by Crippen LogP contribution is -2.42. The summed E-state index contributed by atoms with van der Waals surface area (Å²) < 4.78 is 52.2. The van der Waals surface area contributed by atoms with E-state index in [0.29, 0.717) is 35.2 Å². The zero-order valence-electron chi connectivity index (χ0n) is 17.8. The van der Waals surface area contributed by atoms with Crippen molar-refractivity contribution in [3.8, 4) is 17.1 Å². The molecule has 1 saturated heterocycles. The molecule has 1 atom stereocenters. The van der Waals surface area contributed by atoms with Gasteiger partial charge in [-0.2, -0.15) is 0 Å². The second-order valence-electron chi connectivity index (χ2n) is 7.65. The van der Waals surface area contributed by atoms with Gasteiger partial charge in [-0.3, -0.25) is 9.36 Å². The third-order valence-electron chi connectivity index (χ3n) is 5.46. The van der Waals surface area contributed by atoms with Gasteiger partial charge in [0.05, 0.1) is 17.3 Å². The summed E-state index contributed by atoms with van der Waals surface area (Å²) >= 11 is 1.16. The number of sulfone groups is 1. The van der Waals surface area contributed by atoms with Crippen LogP contribution < -0.4 is 0 Å². The molecular formula is C22H22F2N4O3S2. The molecule has 0 aliphatic carbocycles. The van der Waals surface area contributed by atoms with Crippen LogP contribution in [0.25, 0.3) is 17.1 Å². The lowest BCUT2D eigenvalue weighted by molar-refractivity contribution is -0.129. The standard InChI is InChI=1S/C22H22F2N4O3S2/c1-2-27(19-11-12-33(30,31)14-19)20(29)13-32-22-26-25-21(15-3-5-16(23)6-4-15)28(22)18-9-7-17(24)8-10-18/h3-10,19H,2,11-14H2,1H3/t19-/m0/s1. The van der Waals surface area contributed by atoms with Gasteiger partial charge in [-0.05, 0) is 61.9 Å². The maximum atomic E-state index is 13.5. The van der Waals surface area contributed by atoms with Gasteiger partial charge in [0.15, 0.2) is 20.8 Å². The van der Waals surface area contributed by atoms with Gasteiger partial charge in [-0.1, -0.05) is 11.8 Å². The molecule has 0 saturated carbocycles. The summed E-state index contributed by atoms with van der Waals surface area (Å²) in [7, 11) is -3.11. The molecule has 3 aromatic rings. The highest BCUT2D eigenvalue weighted by molar-refractivity contribution is 7.99. The predicted molar refractivity (Wildman–Crippen MR) is 122 cm³/mol. The average Bonchev–Trinajstić information content (AvgIpc) is 3.37. The molecule has 0 N–H and O–H groups in total. The van der Waals surface area contributed by atoms with E-state index in [1.807, 2.05) is 6.92 Å². The fourth-order valence-electron chi connectivity index (χ4n) is 3.84. The van der Waals surface area contributed by atoms with Crippen molar-refractivity contribution < 1.29 is 22.0 Å². The van der Waals surface area contributed by atoms with Gasteiger partial charge < -0.3 is 4.90 Å². The summed E-state index contributed by atoms with van der Waals surface area (Å²) in [5.74, 6) is -0.447. The predicted octanol–water partition coefficient (Wildman–Crippen LogP) is 3.34. The maximum absolute atomic E-state index is 13.5. The van der Waals surface area contributed by atoms with Crippen LogP contribution in [0.15, 0.2) is 53.7 Å². The Hall–Kier alpha value is -2.79. The number of halogens is 2. The smallest absolute Gasteiger partial charge is 0.233 e. The Morgan fingerprint density at radius 3 is 2.30 bits per heavy atom. The monoisotopic (exact) mass is 492 g/mol. The van der Waals surface area contributed by atoms with E-state index in [-0.39, 0.29) is 35.0 Å². The molecule has 0 radical (unpaired) electrons. The van der Waals surface area contributed by atoms with E-state index in [4.69, 9.17) is 0 Å². The van der Waals surface area contributed by atoms with Crippen LogP contribution in [0.3, 0.4) is 0 Å². The molecule has 0 spiro atoms. The molecule has 33 heavy (non-hydrogen) atoms. The van der Waals surface area contributed by atoms with Crippen LogP contribution in [0.4, 0.5) is 8.78 Å². The first kappa shape index (κ1) is 23.4. The minimum atomic E-state index is -3.11. The minimum absolute atomic E-state index is 0.0161. The van der Waals surface area contributed by atoms with Crippen LogP contribution in [0.5, 0.6) is 0 Å². The number of nitrogens with zero attached hydrogens (tertiary/aromatic N) is 4. The summed E-state index contributed by atoms with van der Waals surface area (Å²) in [5, 5.41) is 8.85. The molecule has 1 amide bonds. The highest BCUT2D eigenvalue weighted by Crippen LogP contribution is 2.29. The number of rotatable bonds is 7. The number of carbonyl (C=O) groups excluding carboxylic acids is 1. The number of benzene rings is 2. The maximum Gasteiger partial charge on any atom is 0.233 e. The topological polar surface area (TPSA) is 85.2 Å². The summed E-state index contributed by atoms with van der Waals surface area (Å²) in [5.41, 5.74) is 1.20. The molecule has 4 rings (SSSR count). The molecule has 2 aromatic carbocycles. The van der Waals surface area contributed by atoms with Gasteiger partial charge in [0.1, 0.15) is 11.6 Å². The van der Waals surface area contributed by atoms with Gasteiger partial charge >= 0.3 is 0 Å². The third-order valence-corrected chi connectivity index (χ3v) is 8.12. The fraction of sp³-hybridized carbons (Fsp3) is 0.318. The van der Waals surface area contributed by atoms with Crippen LogP contribution in [0.2, 0.25) is 0 Å². The van der Waals surface area contributed by atoms with E-state index < -0.39 is 15.7 Å². The molecule has 1 aromatic heterocycles. The number of thioether (sulfide) groups is 1. The van der Waals surface area contributed by atoms with Crippen molar-refractivity contribution in [1.29, 1.82) is 0 Å². The van der Waals surface area contributed by atoms with E-state index in [9.17, 15) is 22.0 Å². The lowest BCUT2D eigenvalue weighted by Gasteiger charge is -2.26. The molecule has 7 nitrogen and oxygen atoms in total. The Morgan fingerprint density at radius 1 is 1.09 bits per heavy atom. The zero-order chi connectivity index (χ0) is 23.6. The van der Waals surface area contributed by atoms with Gasteiger partial charge in [0.2, 0.25) is 5.91 Å². The summed E-state index contributed by atoms with van der Waals surface area (Å²) in [6.45, 7) is 2.23. The molecule has 0 bridgehead atoms. The van der Waals surface area contributed by atoms with Crippen molar-refractivity contribution in [3.05, 3.63) is 60.2 Å². The Balaban J connectivity index is 1.60. The van der Waals surface area contributed by atoms with Crippen molar-refractivity contribution in [1.82, 2.24) is 19.7 Å². The largest absolute Gasteiger partial charge is 0.338 e. The summed E-state index contributed by atoms with van der Waals surface area (Å²) in [6.07, 6.45) is 0.438. The normalized spacial score (nSPS) is 17.2. The third kappa shape index (κ3) is 5.25. The van der Waals surface area contributed by atoms with Crippen molar-refractivity contribution in [2.45, 2.75) is 24.5 Å². The van der Waals surface area contributed by atoms with Gasteiger partial charge in [0.25, 0.3) is 0 Å². The number of aromatic nitrogens is 3. The van der Waals surface area contributed by atoms with Gasteiger partial charge in [-0.25, -0.2) is 17.2 Å². The van der Waals surface area contributed by atoms with Gasteiger partial charge in [-0.15, -0.1) is 10.2 Å². The Kier molecular flexibility index (Phi) is 6.80. The highest BCUT2D eigenvalue weighted by Gasteiger charge is 2.34. The number of hydrogen-bond donors (Lipinski definition) is 0. The van der Waals surface area contributed by atoms with Crippen LogP contribution in [0.1, 0.15) is 13.3 Å². The molecule has 1 aliphatic rings. The lowest BCUT2D eigenvalue weighted by atomic mass is 10.2. The second-order valence-corrected chi connectivity index (χ2v) is 10.8. The first-order chi connectivity index (χ1) is 15.8. The van der Waals surface area contributed by atoms with Crippen LogP contribution >= 0.6 is 11.8 Å². The van der Waals surface area contributed by atoms with Crippen molar-refractivity contribution in [3.63, 3.8) is 0 Å². The van der Waals surface area contributed by atoms with Gasteiger partial charge in [0, 0.05) is 23.8 Å². The van der Waals surface area contributed by atoms with Crippen molar-refractivity contribution in [2.24, 2.45) is 0 Å². The first-order valence-electron chi connectivity index (χ1n) is 10.4. The van der Waals surface area contributed by atoms with Crippen molar-refractivity contribution in [2.75, 3.05) is 23.8 Å². The van der Waals surface area contributed by atoms with Crippen molar-refractivity contribution >= 4 is 27.5 Å². The number of amides is 1. The number of hydrogen-bond acceptors (Lipinski definition) is 6. The summed E-state index contributed by atoms with van der Waals surface area (Å²) in [4.78, 5) is 14.5. The van der Waals surface area contributed by atoms with E-state index in [2.05, 4.69) is 10.2 Å². The van der Waals surface area contributed by atoms with Crippen LogP contribution in [-0.4, -0.2) is 63.8 Å². The van der Waals surface area contributed by atoms with E-state index in [0.717, 1.165) is 11.8 Å². The molecule has 2 heterocycles. The van der Waals surface area contributed by atoms with E-state index in [1.54, 1.807) is 33.7 Å². The summed E-state index contributed by atoms with van der Waals surface area (Å²) in [6, 6.07) is 11.2. The second kappa shape index (κ2) is 9.60. The molecule has 174 valence electrons. The average molecular weight is 493 g/mol. The minimum Gasteiger partial charge on any atom is -0.338 e. The van der Waals surface area contributed by atoms with Crippen LogP contribution in [0, 0.1) is 11.6 Å². The van der Waals surface area contributed by atoms with E-state index in [1.165, 1.54) is 24.3 Å². The SMILES string of the molecule is CCN(C(=O)CSc1nnc(-c2ccc(F)cc2)n1-c1ccc(F)cc1)[C@H]1CCS(=O)(=O)C1. The zero-order valence-corrected chi connectivity index (χ0v) is 19.5. The molecular weight excluding hydrogens is 470 g/mol. The molecule has 0 unspecified atom stereocenters. The molecule has 1 aliphatic heterocycles. The quantitative estimate of drug-likeness (QED) is 0.471. The first-order valence-corrected chi connectivity index (χ1v) is 13.2. The highest BCUT2D eigenvalue weighted by atomic mass is 32.2. The Bertz CT molecular complexity index is 1250. The Labute approximate surface area is 194 Å². The number of carbonyl (C=O) groups is 1. The molecule has 11 heteroatoms. The molecule has 1 fully saturated rings. The van der Waals surface area contributed by atoms with Crippen LogP contribution in [-0.2, 0) is 14.6 Å². The Morgan fingerprint density at radius 2 is 1.73 bits per heavy atom.